The van der Waals surface area contributed by atoms with Gasteiger partial charge in [0.25, 0.3) is 0 Å². The summed E-state index contributed by atoms with van der Waals surface area (Å²) >= 11 is 0. The third-order valence-corrected chi connectivity index (χ3v) is 4.60. The van der Waals surface area contributed by atoms with Gasteiger partial charge in [0.1, 0.15) is 0 Å². The molecule has 0 spiro atoms. The third-order valence-electron chi connectivity index (χ3n) is 4.60. The van der Waals surface area contributed by atoms with Crippen molar-refractivity contribution in [2.75, 3.05) is 20.2 Å². The van der Waals surface area contributed by atoms with Crippen molar-refractivity contribution in [3.8, 4) is 0 Å². The smallest absolute Gasteiger partial charge is 0.0991 e. The van der Waals surface area contributed by atoms with E-state index in [1.807, 2.05) is 0 Å². The molecule has 2 nitrogen and oxygen atoms in total. The summed E-state index contributed by atoms with van der Waals surface area (Å²) in [5.41, 5.74) is 2.74. The molecule has 0 aromatic heterocycles. The summed E-state index contributed by atoms with van der Waals surface area (Å²) in [6, 6.07) is 8.76. The lowest BCUT2D eigenvalue weighted by Crippen LogP contribution is -2.80. The highest BCUT2D eigenvalue weighted by Crippen LogP contribution is 2.45. The SMILES string of the molecule is C[NH2+]CCO[C@]1(c2ccccc2C)CCCC[C@H]1C. The van der Waals surface area contributed by atoms with Crippen molar-refractivity contribution in [3.05, 3.63) is 35.4 Å². The van der Waals surface area contributed by atoms with E-state index in [1.54, 1.807) is 0 Å². The molecule has 106 valence electrons. The second kappa shape index (κ2) is 6.53. The van der Waals surface area contributed by atoms with Crippen LogP contribution in [0.4, 0.5) is 0 Å². The van der Waals surface area contributed by atoms with Crippen LogP contribution in [0.3, 0.4) is 0 Å². The summed E-state index contributed by atoms with van der Waals surface area (Å²) in [7, 11) is 2.11. The molecule has 2 rings (SSSR count). The molecule has 1 saturated carbocycles. The summed E-state index contributed by atoms with van der Waals surface area (Å²) in [4.78, 5) is 0. The number of likely N-dealkylation sites (N-methyl/N-ethyl adjacent to an activating group) is 1. The molecule has 2 heteroatoms. The average Bonchev–Trinajstić information content (AvgIpc) is 2.42. The molecule has 2 N–H and O–H groups in total. The fourth-order valence-corrected chi connectivity index (χ4v) is 3.42. The van der Waals surface area contributed by atoms with Gasteiger partial charge in [-0.1, -0.05) is 44.0 Å². The van der Waals surface area contributed by atoms with Gasteiger partial charge in [-0.05, 0) is 36.8 Å². The van der Waals surface area contributed by atoms with Crippen LogP contribution in [0.15, 0.2) is 24.3 Å². The van der Waals surface area contributed by atoms with Crippen molar-refractivity contribution in [3.63, 3.8) is 0 Å². The Bertz CT molecular complexity index is 404. The molecule has 0 heterocycles. The van der Waals surface area contributed by atoms with E-state index in [4.69, 9.17) is 4.74 Å². The van der Waals surface area contributed by atoms with Crippen LogP contribution in [-0.2, 0) is 10.3 Å². The van der Waals surface area contributed by atoms with E-state index in [-0.39, 0.29) is 5.60 Å². The largest absolute Gasteiger partial charge is 0.364 e. The summed E-state index contributed by atoms with van der Waals surface area (Å²) in [6.45, 7) is 6.46. The summed E-state index contributed by atoms with van der Waals surface area (Å²) in [5.74, 6) is 0.610. The minimum atomic E-state index is -0.0490. The lowest BCUT2D eigenvalue weighted by Gasteiger charge is -2.43. The minimum Gasteiger partial charge on any atom is -0.364 e. The van der Waals surface area contributed by atoms with Crippen LogP contribution in [0.2, 0.25) is 0 Å². The molecule has 19 heavy (non-hydrogen) atoms. The van der Waals surface area contributed by atoms with Crippen molar-refractivity contribution >= 4 is 0 Å². The van der Waals surface area contributed by atoms with Gasteiger partial charge < -0.3 is 10.1 Å². The van der Waals surface area contributed by atoms with E-state index < -0.39 is 0 Å². The average molecular weight is 262 g/mol. The molecule has 0 aliphatic heterocycles. The standard InChI is InChI=1S/C17H27NO/c1-14-8-4-5-10-16(14)17(19-13-12-18-3)11-7-6-9-15(17)2/h4-5,8,10,15,18H,6-7,9,11-13H2,1-3H3/p+1/t15-,17-/m1/s1. The highest BCUT2D eigenvalue weighted by molar-refractivity contribution is 5.32. The first-order chi connectivity index (χ1) is 9.20. The lowest BCUT2D eigenvalue weighted by molar-refractivity contribution is -0.629. The lowest BCUT2D eigenvalue weighted by atomic mass is 9.71. The van der Waals surface area contributed by atoms with Crippen LogP contribution < -0.4 is 5.32 Å². The maximum atomic E-state index is 6.46. The molecule has 1 aromatic rings. The Hall–Kier alpha value is -0.860. The summed E-state index contributed by atoms with van der Waals surface area (Å²) in [6.07, 6.45) is 5.08. The minimum absolute atomic E-state index is 0.0490. The summed E-state index contributed by atoms with van der Waals surface area (Å²) in [5, 5.41) is 2.19. The van der Waals surface area contributed by atoms with E-state index in [0.29, 0.717) is 5.92 Å². The van der Waals surface area contributed by atoms with Gasteiger partial charge in [0, 0.05) is 0 Å². The predicted octanol–water partition coefficient (Wildman–Crippen LogP) is 2.61. The highest BCUT2D eigenvalue weighted by atomic mass is 16.5. The van der Waals surface area contributed by atoms with Gasteiger partial charge in [0.2, 0.25) is 0 Å². The molecular formula is C17H28NO+. The fourth-order valence-electron chi connectivity index (χ4n) is 3.42. The van der Waals surface area contributed by atoms with E-state index in [2.05, 4.69) is 50.5 Å². The molecule has 1 fully saturated rings. The number of nitrogens with two attached hydrogens (primary N) is 1. The maximum Gasteiger partial charge on any atom is 0.0991 e. The molecule has 2 atom stereocenters. The van der Waals surface area contributed by atoms with Crippen LogP contribution in [0.5, 0.6) is 0 Å². The van der Waals surface area contributed by atoms with Gasteiger partial charge >= 0.3 is 0 Å². The zero-order chi connectivity index (χ0) is 13.7. The zero-order valence-corrected chi connectivity index (χ0v) is 12.6. The molecule has 0 bridgehead atoms. The van der Waals surface area contributed by atoms with Crippen molar-refractivity contribution in [1.82, 2.24) is 0 Å². The Morgan fingerprint density at radius 2 is 2.11 bits per heavy atom. The molecule has 1 aromatic carbocycles. The highest BCUT2D eigenvalue weighted by Gasteiger charge is 2.41. The topological polar surface area (TPSA) is 25.8 Å². The van der Waals surface area contributed by atoms with E-state index >= 15 is 0 Å². The molecule has 0 unspecified atom stereocenters. The zero-order valence-electron chi connectivity index (χ0n) is 12.6. The second-order valence-corrected chi connectivity index (χ2v) is 5.90. The first kappa shape index (κ1) is 14.5. The molecular weight excluding hydrogens is 234 g/mol. The van der Waals surface area contributed by atoms with Gasteiger partial charge in [0.15, 0.2) is 0 Å². The van der Waals surface area contributed by atoms with Crippen LogP contribution in [-0.4, -0.2) is 20.2 Å². The first-order valence-electron chi connectivity index (χ1n) is 7.68. The van der Waals surface area contributed by atoms with Crippen LogP contribution in [0, 0.1) is 12.8 Å². The van der Waals surface area contributed by atoms with E-state index in [1.165, 1.54) is 36.8 Å². The Labute approximate surface area is 117 Å². The fraction of sp³-hybridized carbons (Fsp3) is 0.647. The molecule has 0 amide bonds. The van der Waals surface area contributed by atoms with Crippen LogP contribution in [0.1, 0.15) is 43.7 Å². The van der Waals surface area contributed by atoms with Gasteiger partial charge in [-0.25, -0.2) is 0 Å². The van der Waals surface area contributed by atoms with E-state index in [9.17, 15) is 0 Å². The number of hydrogen-bond donors (Lipinski definition) is 1. The van der Waals surface area contributed by atoms with E-state index in [0.717, 1.165) is 13.2 Å². The Morgan fingerprint density at radius 3 is 2.79 bits per heavy atom. The van der Waals surface area contributed by atoms with Gasteiger partial charge in [-0.3, -0.25) is 0 Å². The Kier molecular flexibility index (Phi) is 5.00. The summed E-state index contributed by atoms with van der Waals surface area (Å²) < 4.78 is 6.46. The van der Waals surface area contributed by atoms with Gasteiger partial charge in [-0.2, -0.15) is 0 Å². The number of benzene rings is 1. The Balaban J connectivity index is 2.30. The molecule has 0 saturated heterocycles. The second-order valence-electron chi connectivity index (χ2n) is 5.90. The maximum absolute atomic E-state index is 6.46. The monoisotopic (exact) mass is 262 g/mol. The molecule has 1 aliphatic rings. The third kappa shape index (κ3) is 3.01. The number of quaternary nitrogens is 1. The number of hydrogen-bond acceptors (Lipinski definition) is 1. The Morgan fingerprint density at radius 1 is 1.32 bits per heavy atom. The van der Waals surface area contributed by atoms with Crippen LogP contribution in [0.25, 0.3) is 0 Å². The predicted molar refractivity (Wildman–Crippen MR) is 79.2 cm³/mol. The van der Waals surface area contributed by atoms with Crippen molar-refractivity contribution in [1.29, 1.82) is 0 Å². The number of rotatable bonds is 5. The quantitative estimate of drug-likeness (QED) is 0.811. The normalized spacial score (nSPS) is 27.4. The van der Waals surface area contributed by atoms with Gasteiger partial charge in [0.05, 0.1) is 25.8 Å². The van der Waals surface area contributed by atoms with Crippen molar-refractivity contribution in [2.45, 2.75) is 45.1 Å². The van der Waals surface area contributed by atoms with Gasteiger partial charge in [-0.15, -0.1) is 0 Å². The van der Waals surface area contributed by atoms with Crippen molar-refractivity contribution in [2.24, 2.45) is 5.92 Å². The molecule has 0 radical (unpaired) electrons. The molecule has 1 aliphatic carbocycles. The van der Waals surface area contributed by atoms with Crippen LogP contribution >= 0.6 is 0 Å². The number of ether oxygens (including phenoxy) is 1. The number of aryl methyl sites for hydroxylation is 1. The first-order valence-corrected chi connectivity index (χ1v) is 7.68. The van der Waals surface area contributed by atoms with Crippen molar-refractivity contribution < 1.29 is 10.1 Å².